The van der Waals surface area contributed by atoms with Crippen LogP contribution in [0.25, 0.3) is 0 Å². The van der Waals surface area contributed by atoms with Crippen molar-refractivity contribution in [1.29, 1.82) is 0 Å². The molecule has 3 nitrogen and oxygen atoms in total. The van der Waals surface area contributed by atoms with E-state index in [9.17, 15) is 9.59 Å². The Kier molecular flexibility index (Phi) is 5.84. The second-order valence-corrected chi connectivity index (χ2v) is 3.81. The van der Waals surface area contributed by atoms with Gasteiger partial charge in [-0.05, 0) is 26.7 Å². The van der Waals surface area contributed by atoms with E-state index in [1.165, 1.54) is 7.11 Å². The van der Waals surface area contributed by atoms with Crippen molar-refractivity contribution in [2.24, 2.45) is 5.41 Å². The summed E-state index contributed by atoms with van der Waals surface area (Å²) in [6, 6.07) is 0. The molecule has 0 N–H and O–H groups in total. The molecule has 0 aliphatic carbocycles. The lowest BCUT2D eigenvalue weighted by molar-refractivity contribution is -0.140. The Bertz CT molecular complexity index is 217. The van der Waals surface area contributed by atoms with E-state index < -0.39 is 5.41 Å². The SMILES string of the molecule is COC(=O)CCC/C=C\C(C)(C)C=O. The van der Waals surface area contributed by atoms with E-state index in [2.05, 4.69) is 4.74 Å². The van der Waals surface area contributed by atoms with Crippen molar-refractivity contribution in [2.45, 2.75) is 33.1 Å². The zero-order chi connectivity index (χ0) is 11.0. The van der Waals surface area contributed by atoms with Crippen molar-refractivity contribution in [3.8, 4) is 0 Å². The first-order chi connectivity index (χ1) is 6.52. The molecule has 0 saturated carbocycles. The Morgan fingerprint density at radius 3 is 2.57 bits per heavy atom. The van der Waals surface area contributed by atoms with E-state index >= 15 is 0 Å². The summed E-state index contributed by atoms with van der Waals surface area (Å²) >= 11 is 0. The van der Waals surface area contributed by atoms with Gasteiger partial charge in [0.1, 0.15) is 6.29 Å². The summed E-state index contributed by atoms with van der Waals surface area (Å²) in [4.78, 5) is 21.2. The molecule has 0 aliphatic rings. The highest BCUT2D eigenvalue weighted by Crippen LogP contribution is 2.13. The molecule has 3 heteroatoms. The van der Waals surface area contributed by atoms with Crippen molar-refractivity contribution in [3.63, 3.8) is 0 Å². The number of carbonyl (C=O) groups excluding carboxylic acids is 2. The second-order valence-electron chi connectivity index (χ2n) is 3.81. The summed E-state index contributed by atoms with van der Waals surface area (Å²) in [7, 11) is 1.38. The third-order valence-electron chi connectivity index (χ3n) is 1.83. The number of unbranched alkanes of at least 4 members (excludes halogenated alkanes) is 1. The van der Waals surface area contributed by atoms with Gasteiger partial charge in [-0.15, -0.1) is 0 Å². The second kappa shape index (κ2) is 6.35. The molecule has 0 heterocycles. The third-order valence-corrected chi connectivity index (χ3v) is 1.83. The molecule has 14 heavy (non-hydrogen) atoms. The van der Waals surface area contributed by atoms with Crippen molar-refractivity contribution < 1.29 is 14.3 Å². The number of esters is 1. The first-order valence-electron chi connectivity index (χ1n) is 4.72. The molecule has 0 atom stereocenters. The average molecular weight is 198 g/mol. The van der Waals surface area contributed by atoms with Crippen molar-refractivity contribution >= 4 is 12.3 Å². The predicted molar refractivity (Wildman–Crippen MR) is 54.9 cm³/mol. The summed E-state index contributed by atoms with van der Waals surface area (Å²) in [5.41, 5.74) is -0.398. The molecule has 80 valence electrons. The van der Waals surface area contributed by atoms with E-state index in [4.69, 9.17) is 0 Å². The zero-order valence-electron chi connectivity index (χ0n) is 9.08. The molecule has 0 rings (SSSR count). The van der Waals surface area contributed by atoms with Crippen molar-refractivity contribution in [1.82, 2.24) is 0 Å². The lowest BCUT2D eigenvalue weighted by Crippen LogP contribution is -2.07. The average Bonchev–Trinajstić information content (AvgIpc) is 2.17. The minimum absolute atomic E-state index is 0.187. The van der Waals surface area contributed by atoms with Crippen LogP contribution in [-0.4, -0.2) is 19.4 Å². The molecular weight excluding hydrogens is 180 g/mol. The van der Waals surface area contributed by atoms with Crippen LogP contribution in [0.4, 0.5) is 0 Å². The number of ether oxygens (including phenoxy) is 1. The van der Waals surface area contributed by atoms with Crippen LogP contribution in [0.1, 0.15) is 33.1 Å². The monoisotopic (exact) mass is 198 g/mol. The number of carbonyl (C=O) groups is 2. The van der Waals surface area contributed by atoms with E-state index in [1.54, 1.807) is 0 Å². The van der Waals surface area contributed by atoms with Crippen LogP contribution in [0, 0.1) is 5.41 Å². The molecule has 0 unspecified atom stereocenters. The summed E-state index contributed by atoms with van der Waals surface area (Å²) in [5, 5.41) is 0. The number of hydrogen-bond acceptors (Lipinski definition) is 3. The van der Waals surface area contributed by atoms with Gasteiger partial charge in [-0.3, -0.25) is 4.79 Å². The van der Waals surface area contributed by atoms with Crippen LogP contribution >= 0.6 is 0 Å². The van der Waals surface area contributed by atoms with Crippen molar-refractivity contribution in [3.05, 3.63) is 12.2 Å². The highest BCUT2D eigenvalue weighted by atomic mass is 16.5. The Hall–Kier alpha value is -1.12. The molecule has 0 radical (unpaired) electrons. The Balaban J connectivity index is 3.64. The molecule has 0 aromatic heterocycles. The summed E-state index contributed by atoms with van der Waals surface area (Å²) in [6.07, 6.45) is 6.69. The number of methoxy groups -OCH3 is 1. The lowest BCUT2D eigenvalue weighted by atomic mass is 9.95. The fourth-order valence-corrected chi connectivity index (χ4v) is 0.893. The Morgan fingerprint density at radius 2 is 2.07 bits per heavy atom. The summed E-state index contributed by atoms with van der Waals surface area (Å²) < 4.78 is 4.50. The topological polar surface area (TPSA) is 43.4 Å². The number of aldehydes is 1. The maximum atomic E-state index is 10.7. The molecule has 0 aliphatic heterocycles. The van der Waals surface area contributed by atoms with Crippen molar-refractivity contribution in [2.75, 3.05) is 7.11 Å². The van der Waals surface area contributed by atoms with Gasteiger partial charge in [0.15, 0.2) is 0 Å². The highest BCUT2D eigenvalue weighted by molar-refractivity contribution is 5.69. The first kappa shape index (κ1) is 12.9. The van der Waals surface area contributed by atoms with Gasteiger partial charge >= 0.3 is 5.97 Å². The van der Waals surface area contributed by atoms with Crippen LogP contribution in [-0.2, 0) is 14.3 Å². The highest BCUT2D eigenvalue weighted by Gasteiger charge is 2.10. The first-order valence-corrected chi connectivity index (χ1v) is 4.72. The van der Waals surface area contributed by atoms with Gasteiger partial charge in [-0.2, -0.15) is 0 Å². The van der Waals surface area contributed by atoms with Crippen LogP contribution in [0.2, 0.25) is 0 Å². The number of hydrogen-bond donors (Lipinski definition) is 0. The minimum atomic E-state index is -0.398. The summed E-state index contributed by atoms with van der Waals surface area (Å²) in [5.74, 6) is -0.187. The molecule has 0 amide bonds. The lowest BCUT2D eigenvalue weighted by Gasteiger charge is -2.08. The fraction of sp³-hybridized carbons (Fsp3) is 0.636. The maximum absolute atomic E-state index is 10.7. The minimum Gasteiger partial charge on any atom is -0.469 e. The molecule has 0 aromatic carbocycles. The maximum Gasteiger partial charge on any atom is 0.305 e. The van der Waals surface area contributed by atoms with E-state index in [0.29, 0.717) is 6.42 Å². The van der Waals surface area contributed by atoms with Gasteiger partial charge in [0.05, 0.1) is 7.11 Å². The van der Waals surface area contributed by atoms with E-state index in [-0.39, 0.29) is 5.97 Å². The smallest absolute Gasteiger partial charge is 0.305 e. The Morgan fingerprint density at radius 1 is 1.43 bits per heavy atom. The van der Waals surface area contributed by atoms with Crippen LogP contribution < -0.4 is 0 Å². The molecule has 0 saturated heterocycles. The molecule has 0 bridgehead atoms. The molecule has 0 aromatic rings. The van der Waals surface area contributed by atoms with Gasteiger partial charge in [-0.25, -0.2) is 0 Å². The van der Waals surface area contributed by atoms with Crippen LogP contribution in [0.3, 0.4) is 0 Å². The van der Waals surface area contributed by atoms with Gasteiger partial charge in [0.25, 0.3) is 0 Å². The van der Waals surface area contributed by atoms with Gasteiger partial charge in [-0.1, -0.05) is 12.2 Å². The standard InChI is InChI=1S/C11H18O3/c1-11(2,9-12)8-6-4-5-7-10(13)14-3/h6,8-9H,4-5,7H2,1-3H3/b8-6-. The third kappa shape index (κ3) is 6.40. The fourth-order valence-electron chi connectivity index (χ4n) is 0.893. The van der Waals surface area contributed by atoms with Gasteiger partial charge in [0, 0.05) is 11.8 Å². The molecule has 0 fully saturated rings. The quantitative estimate of drug-likeness (QED) is 0.284. The summed E-state index contributed by atoms with van der Waals surface area (Å²) in [6.45, 7) is 3.69. The van der Waals surface area contributed by atoms with E-state index in [0.717, 1.165) is 19.1 Å². The van der Waals surface area contributed by atoms with Crippen LogP contribution in [0.5, 0.6) is 0 Å². The number of allylic oxidation sites excluding steroid dienone is 2. The largest absolute Gasteiger partial charge is 0.469 e. The van der Waals surface area contributed by atoms with Gasteiger partial charge in [0.2, 0.25) is 0 Å². The predicted octanol–water partition coefficient (Wildman–Crippen LogP) is 2.11. The number of rotatable bonds is 6. The van der Waals surface area contributed by atoms with Gasteiger partial charge < -0.3 is 9.53 Å². The molecular formula is C11H18O3. The zero-order valence-corrected chi connectivity index (χ0v) is 9.08. The molecule has 0 spiro atoms. The Labute approximate surface area is 85.1 Å². The van der Waals surface area contributed by atoms with E-state index in [1.807, 2.05) is 26.0 Å². The van der Waals surface area contributed by atoms with Crippen LogP contribution in [0.15, 0.2) is 12.2 Å². The normalized spacial score (nSPS) is 11.6.